The van der Waals surface area contributed by atoms with Gasteiger partial charge in [-0.3, -0.25) is 4.90 Å². The number of hydrogen-bond acceptors (Lipinski definition) is 3. The second-order valence-corrected chi connectivity index (χ2v) is 5.99. The van der Waals surface area contributed by atoms with E-state index < -0.39 is 0 Å². The van der Waals surface area contributed by atoms with E-state index >= 15 is 0 Å². The van der Waals surface area contributed by atoms with Crippen LogP contribution in [0, 0.1) is 5.92 Å². The summed E-state index contributed by atoms with van der Waals surface area (Å²) in [4.78, 5) is 2.71. The molecule has 1 saturated carbocycles. The van der Waals surface area contributed by atoms with Crippen LogP contribution in [0.25, 0.3) is 0 Å². The van der Waals surface area contributed by atoms with Gasteiger partial charge in [-0.2, -0.15) is 0 Å². The summed E-state index contributed by atoms with van der Waals surface area (Å²) < 4.78 is 5.88. The minimum absolute atomic E-state index is 0.417. The fraction of sp³-hybridized carbons (Fsp3) is 1.00. The van der Waals surface area contributed by atoms with Crippen molar-refractivity contribution in [1.29, 1.82) is 0 Å². The molecule has 3 rings (SSSR count). The van der Waals surface area contributed by atoms with Crippen LogP contribution >= 0.6 is 0 Å². The summed E-state index contributed by atoms with van der Waals surface area (Å²) in [6.07, 6.45) is 9.97. The van der Waals surface area contributed by atoms with E-state index in [4.69, 9.17) is 10.5 Å². The molecule has 2 aliphatic heterocycles. The predicted octanol–water partition coefficient (Wildman–Crippen LogP) is 1.76. The number of rotatable bonds is 3. The van der Waals surface area contributed by atoms with Crippen LogP contribution in [-0.2, 0) is 4.74 Å². The first-order chi connectivity index (χ1) is 8.40. The number of nitrogens with two attached hydrogens (primary N) is 1. The van der Waals surface area contributed by atoms with E-state index in [2.05, 4.69) is 4.90 Å². The molecule has 2 heterocycles. The zero-order chi connectivity index (χ0) is 11.7. The number of nitrogens with zero attached hydrogens (tertiary/aromatic N) is 1. The topological polar surface area (TPSA) is 38.5 Å². The summed E-state index contributed by atoms with van der Waals surface area (Å²) in [5.74, 6) is 0.958. The van der Waals surface area contributed by atoms with Crippen LogP contribution in [0.5, 0.6) is 0 Å². The van der Waals surface area contributed by atoms with Crippen molar-refractivity contribution in [3.05, 3.63) is 0 Å². The molecular formula is C14H26N2O. The Bertz CT molecular complexity index is 253. The summed E-state index contributed by atoms with van der Waals surface area (Å²) in [6, 6.07) is 1.31. The Labute approximate surface area is 105 Å². The molecule has 3 aliphatic rings. The van der Waals surface area contributed by atoms with E-state index in [9.17, 15) is 0 Å². The highest BCUT2D eigenvalue weighted by Crippen LogP contribution is 2.38. The van der Waals surface area contributed by atoms with E-state index in [0.29, 0.717) is 12.1 Å². The molecule has 3 fully saturated rings. The minimum Gasteiger partial charge on any atom is -0.377 e. The molecule has 98 valence electrons. The molecule has 0 aromatic carbocycles. The van der Waals surface area contributed by atoms with Gasteiger partial charge in [-0.25, -0.2) is 0 Å². The van der Waals surface area contributed by atoms with E-state index in [0.717, 1.165) is 25.1 Å². The molecule has 4 unspecified atom stereocenters. The normalized spacial score (nSPS) is 40.4. The van der Waals surface area contributed by atoms with Crippen molar-refractivity contribution in [2.75, 3.05) is 19.7 Å². The first-order valence-corrected chi connectivity index (χ1v) is 7.47. The lowest BCUT2D eigenvalue weighted by molar-refractivity contribution is 0.0127. The minimum atomic E-state index is 0.417. The third kappa shape index (κ3) is 2.25. The standard InChI is InChI=1S/C14H26N2O/c15-10-13(14-6-3-9-17-14)16-8-7-11-4-1-2-5-12(11)16/h11-14H,1-10,15H2. The summed E-state index contributed by atoms with van der Waals surface area (Å²) >= 11 is 0. The largest absolute Gasteiger partial charge is 0.377 e. The third-order valence-corrected chi connectivity index (χ3v) is 5.11. The van der Waals surface area contributed by atoms with Crippen molar-refractivity contribution in [3.63, 3.8) is 0 Å². The first kappa shape index (κ1) is 11.9. The first-order valence-electron chi connectivity index (χ1n) is 7.47. The van der Waals surface area contributed by atoms with Crippen LogP contribution in [0.1, 0.15) is 44.9 Å². The Balaban J connectivity index is 1.68. The monoisotopic (exact) mass is 238 g/mol. The fourth-order valence-electron chi connectivity index (χ4n) is 4.26. The lowest BCUT2D eigenvalue weighted by atomic mass is 9.84. The zero-order valence-corrected chi connectivity index (χ0v) is 10.8. The molecule has 2 saturated heterocycles. The summed E-state index contributed by atoms with van der Waals surface area (Å²) in [6.45, 7) is 2.98. The molecule has 1 aliphatic carbocycles. The molecule has 2 N–H and O–H groups in total. The van der Waals surface area contributed by atoms with Crippen LogP contribution in [0.2, 0.25) is 0 Å². The third-order valence-electron chi connectivity index (χ3n) is 5.11. The van der Waals surface area contributed by atoms with Crippen LogP contribution < -0.4 is 5.73 Å². The average molecular weight is 238 g/mol. The van der Waals surface area contributed by atoms with Crippen LogP contribution in [0.15, 0.2) is 0 Å². The van der Waals surface area contributed by atoms with Gasteiger partial charge in [-0.15, -0.1) is 0 Å². The van der Waals surface area contributed by atoms with Crippen molar-refractivity contribution in [2.24, 2.45) is 11.7 Å². The Kier molecular flexibility index (Phi) is 3.69. The van der Waals surface area contributed by atoms with Crippen molar-refractivity contribution in [3.8, 4) is 0 Å². The smallest absolute Gasteiger partial charge is 0.0743 e. The quantitative estimate of drug-likeness (QED) is 0.814. The maximum atomic E-state index is 6.03. The van der Waals surface area contributed by atoms with Crippen molar-refractivity contribution in [2.45, 2.75) is 63.1 Å². The van der Waals surface area contributed by atoms with E-state index in [-0.39, 0.29) is 0 Å². The second kappa shape index (κ2) is 5.25. The molecule has 17 heavy (non-hydrogen) atoms. The molecular weight excluding hydrogens is 212 g/mol. The number of ether oxygens (including phenoxy) is 1. The average Bonchev–Trinajstić information content (AvgIpc) is 3.01. The van der Waals surface area contributed by atoms with Crippen molar-refractivity contribution >= 4 is 0 Å². The molecule has 0 spiro atoms. The van der Waals surface area contributed by atoms with Crippen LogP contribution in [0.4, 0.5) is 0 Å². The van der Waals surface area contributed by atoms with Gasteiger partial charge >= 0.3 is 0 Å². The van der Waals surface area contributed by atoms with Gasteiger partial charge in [0.2, 0.25) is 0 Å². The molecule has 0 amide bonds. The maximum Gasteiger partial charge on any atom is 0.0743 e. The van der Waals surface area contributed by atoms with Gasteiger partial charge in [0.15, 0.2) is 0 Å². The highest BCUT2D eigenvalue weighted by molar-refractivity contribution is 4.96. The molecule has 0 aromatic rings. The Hall–Kier alpha value is -0.120. The van der Waals surface area contributed by atoms with E-state index in [1.165, 1.54) is 51.5 Å². The van der Waals surface area contributed by atoms with E-state index in [1.54, 1.807) is 0 Å². The number of hydrogen-bond donors (Lipinski definition) is 1. The second-order valence-electron chi connectivity index (χ2n) is 5.99. The molecule has 0 radical (unpaired) electrons. The van der Waals surface area contributed by atoms with Gasteiger partial charge in [0.1, 0.15) is 0 Å². The molecule has 3 nitrogen and oxygen atoms in total. The lowest BCUT2D eigenvalue weighted by Crippen LogP contribution is -2.51. The predicted molar refractivity (Wildman–Crippen MR) is 68.9 cm³/mol. The molecule has 3 heteroatoms. The summed E-state index contributed by atoms with van der Waals surface area (Å²) in [5, 5.41) is 0. The van der Waals surface area contributed by atoms with Crippen LogP contribution in [0.3, 0.4) is 0 Å². The Morgan fingerprint density at radius 1 is 1.12 bits per heavy atom. The molecule has 0 aromatic heterocycles. The number of likely N-dealkylation sites (tertiary alicyclic amines) is 1. The Morgan fingerprint density at radius 3 is 2.76 bits per heavy atom. The maximum absolute atomic E-state index is 6.03. The van der Waals surface area contributed by atoms with E-state index in [1.807, 2.05) is 0 Å². The lowest BCUT2D eigenvalue weighted by Gasteiger charge is -2.38. The van der Waals surface area contributed by atoms with Crippen molar-refractivity contribution < 1.29 is 4.74 Å². The van der Waals surface area contributed by atoms with Crippen molar-refractivity contribution in [1.82, 2.24) is 4.90 Å². The fourth-order valence-corrected chi connectivity index (χ4v) is 4.26. The highest BCUT2D eigenvalue weighted by Gasteiger charge is 2.41. The van der Waals surface area contributed by atoms with Gasteiger partial charge in [0.25, 0.3) is 0 Å². The molecule has 4 atom stereocenters. The summed E-state index contributed by atoms with van der Waals surface area (Å²) in [7, 11) is 0. The zero-order valence-electron chi connectivity index (χ0n) is 10.8. The number of fused-ring (bicyclic) bond motifs is 1. The van der Waals surface area contributed by atoms with Gasteiger partial charge < -0.3 is 10.5 Å². The molecule has 0 bridgehead atoms. The summed E-state index contributed by atoms with van der Waals surface area (Å²) in [5.41, 5.74) is 6.03. The van der Waals surface area contributed by atoms with Gasteiger partial charge in [-0.05, 0) is 44.6 Å². The SMILES string of the molecule is NCC(C1CCCO1)N1CCC2CCCCC21. The van der Waals surface area contributed by atoms with Crippen LogP contribution in [-0.4, -0.2) is 42.8 Å². The van der Waals surface area contributed by atoms with Gasteiger partial charge in [-0.1, -0.05) is 12.8 Å². The van der Waals surface area contributed by atoms with Gasteiger partial charge in [0.05, 0.1) is 6.10 Å². The highest BCUT2D eigenvalue weighted by atomic mass is 16.5. The Morgan fingerprint density at radius 2 is 2.00 bits per heavy atom. The van der Waals surface area contributed by atoms with Gasteiger partial charge in [0, 0.05) is 25.2 Å².